The van der Waals surface area contributed by atoms with Gasteiger partial charge in [-0.15, -0.1) is 0 Å². The van der Waals surface area contributed by atoms with E-state index in [1.807, 2.05) is 0 Å². The Bertz CT molecular complexity index is 248. The topological polar surface area (TPSA) is 33.0 Å². The predicted octanol–water partition coefficient (Wildman–Crippen LogP) is 3.91. The van der Waals surface area contributed by atoms with E-state index in [2.05, 4.69) is 33.8 Å². The molecule has 0 bridgehead atoms. The molecule has 3 atom stereocenters. The number of hydrogen-bond donors (Lipinski definition) is 0. The Morgan fingerprint density at radius 3 is 2.50 bits per heavy atom. The number of nitrogens with zero attached hydrogens (tertiary/aromatic N) is 1. The van der Waals surface area contributed by atoms with E-state index in [1.165, 1.54) is 19.3 Å². The lowest BCUT2D eigenvalue weighted by Crippen LogP contribution is -2.37. The van der Waals surface area contributed by atoms with Crippen molar-refractivity contribution in [3.8, 4) is 6.07 Å². The summed E-state index contributed by atoms with van der Waals surface area (Å²) < 4.78 is 6.04. The number of ether oxygens (including phenoxy) is 1. The molecule has 3 unspecified atom stereocenters. The molecule has 0 aromatic carbocycles. The van der Waals surface area contributed by atoms with Crippen LogP contribution < -0.4 is 0 Å². The van der Waals surface area contributed by atoms with E-state index in [0.717, 1.165) is 18.8 Å². The molecule has 0 spiro atoms. The number of hydrogen-bond acceptors (Lipinski definition) is 2. The van der Waals surface area contributed by atoms with Crippen LogP contribution in [0.25, 0.3) is 0 Å². The van der Waals surface area contributed by atoms with Gasteiger partial charge in [0, 0.05) is 0 Å². The van der Waals surface area contributed by atoms with Crippen LogP contribution in [0.2, 0.25) is 0 Å². The second-order valence-electron chi connectivity index (χ2n) is 5.97. The van der Waals surface area contributed by atoms with Gasteiger partial charge in [-0.25, -0.2) is 0 Å². The third-order valence-electron chi connectivity index (χ3n) is 3.27. The number of rotatable bonds is 3. The molecule has 0 aliphatic heterocycles. The molecular weight excluding hydrogens is 198 g/mol. The maximum atomic E-state index is 9.14. The van der Waals surface area contributed by atoms with Crippen LogP contribution in [0.4, 0.5) is 0 Å². The third-order valence-corrected chi connectivity index (χ3v) is 3.27. The maximum Gasteiger partial charge on any atom is 0.0742 e. The summed E-state index contributed by atoms with van der Waals surface area (Å²) in [5.41, 5.74) is -0.131. The first-order valence-electron chi connectivity index (χ1n) is 6.53. The first-order valence-corrected chi connectivity index (χ1v) is 6.53. The van der Waals surface area contributed by atoms with Gasteiger partial charge in [0.15, 0.2) is 0 Å². The Morgan fingerprint density at radius 1 is 1.31 bits per heavy atom. The minimum absolute atomic E-state index is 0.104. The fourth-order valence-electron chi connectivity index (χ4n) is 2.61. The highest BCUT2D eigenvalue weighted by atomic mass is 16.5. The van der Waals surface area contributed by atoms with Crippen LogP contribution in [0, 0.1) is 23.2 Å². The standard InChI is InChI=1S/C14H25NO/c1-5-6-11-7-8-12(10-15)13(9-11)16-14(2,3)4/h11-13H,5-9H2,1-4H3. The van der Waals surface area contributed by atoms with Crippen molar-refractivity contribution in [2.75, 3.05) is 0 Å². The zero-order chi connectivity index (χ0) is 12.2. The maximum absolute atomic E-state index is 9.14. The zero-order valence-corrected chi connectivity index (χ0v) is 11.1. The first-order chi connectivity index (χ1) is 7.46. The lowest BCUT2D eigenvalue weighted by atomic mass is 9.78. The molecule has 1 rings (SSSR count). The summed E-state index contributed by atoms with van der Waals surface area (Å²) in [7, 11) is 0. The van der Waals surface area contributed by atoms with Crippen molar-refractivity contribution in [2.45, 2.75) is 71.5 Å². The summed E-state index contributed by atoms with van der Waals surface area (Å²) in [6.45, 7) is 8.45. The van der Waals surface area contributed by atoms with Gasteiger partial charge < -0.3 is 4.74 Å². The molecule has 0 radical (unpaired) electrons. The summed E-state index contributed by atoms with van der Waals surface area (Å²) >= 11 is 0. The molecule has 0 amide bonds. The minimum atomic E-state index is -0.131. The van der Waals surface area contributed by atoms with Crippen molar-refractivity contribution in [3.63, 3.8) is 0 Å². The monoisotopic (exact) mass is 223 g/mol. The van der Waals surface area contributed by atoms with Crippen LogP contribution in [0.3, 0.4) is 0 Å². The van der Waals surface area contributed by atoms with Crippen LogP contribution in [0.1, 0.15) is 59.8 Å². The summed E-state index contributed by atoms with van der Waals surface area (Å²) in [5.74, 6) is 0.870. The Balaban J connectivity index is 2.58. The van der Waals surface area contributed by atoms with Crippen LogP contribution >= 0.6 is 0 Å². The average Bonchev–Trinajstić information content (AvgIpc) is 2.16. The normalized spacial score (nSPS) is 31.1. The second kappa shape index (κ2) is 5.68. The molecule has 1 fully saturated rings. The highest BCUT2D eigenvalue weighted by Gasteiger charge is 2.33. The van der Waals surface area contributed by atoms with Crippen LogP contribution in [-0.2, 0) is 4.74 Å². The highest BCUT2D eigenvalue weighted by molar-refractivity contribution is 4.94. The van der Waals surface area contributed by atoms with Crippen LogP contribution in [0.5, 0.6) is 0 Å². The summed E-state index contributed by atoms with van der Waals surface area (Å²) in [6.07, 6.45) is 5.96. The van der Waals surface area contributed by atoms with Crippen molar-refractivity contribution in [1.29, 1.82) is 5.26 Å². The quantitative estimate of drug-likeness (QED) is 0.726. The summed E-state index contributed by atoms with van der Waals surface area (Å²) in [6, 6.07) is 2.41. The predicted molar refractivity (Wildman–Crippen MR) is 66.0 cm³/mol. The molecule has 92 valence electrons. The van der Waals surface area contributed by atoms with Gasteiger partial charge in [-0.2, -0.15) is 5.26 Å². The molecule has 0 N–H and O–H groups in total. The molecule has 0 aromatic heterocycles. The van der Waals surface area contributed by atoms with Gasteiger partial charge in [0.25, 0.3) is 0 Å². The van der Waals surface area contributed by atoms with E-state index in [1.54, 1.807) is 0 Å². The molecule has 1 aliphatic carbocycles. The number of nitriles is 1. The zero-order valence-electron chi connectivity index (χ0n) is 11.1. The molecule has 2 nitrogen and oxygen atoms in total. The van der Waals surface area contributed by atoms with Crippen molar-refractivity contribution in [1.82, 2.24) is 0 Å². The average molecular weight is 223 g/mol. The molecule has 0 heterocycles. The lowest BCUT2D eigenvalue weighted by molar-refractivity contribution is -0.0968. The van der Waals surface area contributed by atoms with E-state index < -0.39 is 0 Å². The fourth-order valence-corrected chi connectivity index (χ4v) is 2.61. The molecule has 1 saturated carbocycles. The van der Waals surface area contributed by atoms with E-state index in [9.17, 15) is 0 Å². The Morgan fingerprint density at radius 2 is 2.00 bits per heavy atom. The van der Waals surface area contributed by atoms with Crippen molar-refractivity contribution < 1.29 is 4.74 Å². The van der Waals surface area contributed by atoms with Gasteiger partial charge in [0.05, 0.1) is 23.7 Å². The molecule has 1 aliphatic rings. The van der Waals surface area contributed by atoms with Crippen molar-refractivity contribution in [3.05, 3.63) is 0 Å². The van der Waals surface area contributed by atoms with Gasteiger partial charge in [0.2, 0.25) is 0 Å². The Hall–Kier alpha value is -0.550. The highest BCUT2D eigenvalue weighted by Crippen LogP contribution is 2.35. The van der Waals surface area contributed by atoms with Crippen molar-refractivity contribution >= 4 is 0 Å². The Labute approximate surface area is 100.0 Å². The molecule has 0 aromatic rings. The van der Waals surface area contributed by atoms with Crippen LogP contribution in [-0.4, -0.2) is 11.7 Å². The smallest absolute Gasteiger partial charge is 0.0742 e. The lowest BCUT2D eigenvalue weighted by Gasteiger charge is -2.36. The first kappa shape index (κ1) is 13.5. The van der Waals surface area contributed by atoms with Gasteiger partial charge in [-0.3, -0.25) is 0 Å². The van der Waals surface area contributed by atoms with Gasteiger partial charge in [0.1, 0.15) is 0 Å². The van der Waals surface area contributed by atoms with Crippen LogP contribution in [0.15, 0.2) is 0 Å². The van der Waals surface area contributed by atoms with E-state index in [-0.39, 0.29) is 17.6 Å². The third kappa shape index (κ3) is 4.14. The minimum Gasteiger partial charge on any atom is -0.371 e. The second-order valence-corrected chi connectivity index (χ2v) is 5.97. The Kier molecular flexibility index (Phi) is 4.80. The largest absolute Gasteiger partial charge is 0.371 e. The molecular formula is C14H25NO. The summed E-state index contributed by atoms with van der Waals surface area (Å²) in [4.78, 5) is 0. The molecule has 0 saturated heterocycles. The molecule has 16 heavy (non-hydrogen) atoms. The van der Waals surface area contributed by atoms with E-state index >= 15 is 0 Å². The summed E-state index contributed by atoms with van der Waals surface area (Å²) in [5, 5.41) is 9.14. The fraction of sp³-hybridized carbons (Fsp3) is 0.929. The van der Waals surface area contributed by atoms with Gasteiger partial charge in [-0.1, -0.05) is 19.8 Å². The SMILES string of the molecule is CCCC1CCC(C#N)C(OC(C)(C)C)C1. The van der Waals surface area contributed by atoms with Gasteiger partial charge >= 0.3 is 0 Å². The van der Waals surface area contributed by atoms with E-state index in [4.69, 9.17) is 10.00 Å². The molecule has 2 heteroatoms. The van der Waals surface area contributed by atoms with Gasteiger partial charge in [-0.05, 0) is 46.0 Å². The van der Waals surface area contributed by atoms with E-state index in [0.29, 0.717) is 0 Å². The van der Waals surface area contributed by atoms with Crippen molar-refractivity contribution in [2.24, 2.45) is 11.8 Å².